The molecule has 1 amide bonds. The van der Waals surface area contributed by atoms with Gasteiger partial charge in [0.1, 0.15) is 0 Å². The summed E-state index contributed by atoms with van der Waals surface area (Å²) in [7, 11) is 0. The van der Waals surface area contributed by atoms with Crippen molar-refractivity contribution in [3.8, 4) is 0 Å². The van der Waals surface area contributed by atoms with Gasteiger partial charge in [-0.2, -0.15) is 0 Å². The van der Waals surface area contributed by atoms with Crippen LogP contribution in [0.4, 0.5) is 0 Å². The van der Waals surface area contributed by atoms with E-state index in [0.29, 0.717) is 13.1 Å². The highest BCUT2D eigenvalue weighted by Crippen LogP contribution is 2.03. The molecule has 0 heterocycles. The molecule has 0 aliphatic heterocycles. The van der Waals surface area contributed by atoms with Gasteiger partial charge in [-0.1, -0.05) is 37.3 Å². The summed E-state index contributed by atoms with van der Waals surface area (Å²) in [6, 6.07) is 10.1. The quantitative estimate of drug-likeness (QED) is 0.729. The number of nitrogens with zero attached hydrogens (tertiary/aromatic N) is 1. The van der Waals surface area contributed by atoms with Crippen LogP contribution in [-0.4, -0.2) is 42.2 Å². The third kappa shape index (κ3) is 5.47. The molecule has 0 aromatic heterocycles. The molecule has 94 valence electrons. The van der Waals surface area contributed by atoms with E-state index < -0.39 is 0 Å². The highest BCUT2D eigenvalue weighted by Gasteiger charge is 2.08. The summed E-state index contributed by atoms with van der Waals surface area (Å²) in [5.41, 5.74) is 1.20. The van der Waals surface area contributed by atoms with Gasteiger partial charge in [-0.05, 0) is 12.1 Å². The summed E-state index contributed by atoms with van der Waals surface area (Å²) in [4.78, 5) is 13.6. The van der Waals surface area contributed by atoms with Crippen LogP contribution >= 0.6 is 0 Å². The van der Waals surface area contributed by atoms with Gasteiger partial charge in [0.15, 0.2) is 0 Å². The first kappa shape index (κ1) is 13.7. The topological polar surface area (TPSA) is 52.6 Å². The number of aliphatic hydroxyl groups excluding tert-OH is 1. The maximum absolute atomic E-state index is 11.5. The molecule has 1 aromatic rings. The molecule has 0 atom stereocenters. The molecule has 0 fully saturated rings. The normalized spacial score (nSPS) is 10.5. The van der Waals surface area contributed by atoms with Crippen molar-refractivity contribution in [3.05, 3.63) is 35.9 Å². The van der Waals surface area contributed by atoms with Crippen LogP contribution in [0.5, 0.6) is 0 Å². The van der Waals surface area contributed by atoms with Gasteiger partial charge < -0.3 is 10.4 Å². The minimum Gasteiger partial charge on any atom is -0.395 e. The van der Waals surface area contributed by atoms with Crippen molar-refractivity contribution in [2.45, 2.75) is 13.5 Å². The van der Waals surface area contributed by atoms with Crippen LogP contribution in [0.15, 0.2) is 30.3 Å². The smallest absolute Gasteiger partial charge is 0.234 e. The van der Waals surface area contributed by atoms with Gasteiger partial charge >= 0.3 is 0 Å². The van der Waals surface area contributed by atoms with Crippen molar-refractivity contribution in [1.29, 1.82) is 0 Å². The van der Waals surface area contributed by atoms with Crippen LogP contribution in [0, 0.1) is 0 Å². The molecule has 0 spiro atoms. The number of rotatable bonds is 7. The number of aliphatic hydroxyl groups is 1. The molecule has 1 aromatic carbocycles. The summed E-state index contributed by atoms with van der Waals surface area (Å²) in [5.74, 6) is -0.0446. The zero-order valence-electron chi connectivity index (χ0n) is 10.2. The predicted molar refractivity (Wildman–Crippen MR) is 67.5 cm³/mol. The van der Waals surface area contributed by atoms with E-state index in [0.717, 1.165) is 13.1 Å². The minimum absolute atomic E-state index is 0.0173. The van der Waals surface area contributed by atoms with Gasteiger partial charge in [0.2, 0.25) is 5.91 Å². The molecular formula is C13H20N2O2. The number of benzene rings is 1. The number of hydrogen-bond donors (Lipinski definition) is 2. The van der Waals surface area contributed by atoms with E-state index in [1.54, 1.807) is 0 Å². The fraction of sp³-hybridized carbons (Fsp3) is 0.462. The Balaban J connectivity index is 2.41. The third-order valence-electron chi connectivity index (χ3n) is 2.50. The lowest BCUT2D eigenvalue weighted by Gasteiger charge is -2.19. The highest BCUT2D eigenvalue weighted by molar-refractivity contribution is 5.77. The Hall–Kier alpha value is -1.39. The lowest BCUT2D eigenvalue weighted by molar-refractivity contribution is -0.122. The summed E-state index contributed by atoms with van der Waals surface area (Å²) in [6.45, 7) is 4.29. The summed E-state index contributed by atoms with van der Waals surface area (Å²) < 4.78 is 0. The molecule has 0 radical (unpaired) electrons. The molecule has 4 nitrogen and oxygen atoms in total. The van der Waals surface area contributed by atoms with Crippen LogP contribution in [-0.2, 0) is 11.3 Å². The van der Waals surface area contributed by atoms with E-state index in [2.05, 4.69) is 10.2 Å². The van der Waals surface area contributed by atoms with Gasteiger partial charge in [0.25, 0.3) is 0 Å². The molecule has 17 heavy (non-hydrogen) atoms. The summed E-state index contributed by atoms with van der Waals surface area (Å²) >= 11 is 0. The first-order chi connectivity index (χ1) is 8.26. The zero-order chi connectivity index (χ0) is 12.5. The molecule has 0 bridgehead atoms. The van der Waals surface area contributed by atoms with Gasteiger partial charge in [-0.15, -0.1) is 0 Å². The van der Waals surface area contributed by atoms with Crippen molar-refractivity contribution >= 4 is 5.91 Å². The number of nitrogens with one attached hydrogen (secondary N) is 1. The summed E-state index contributed by atoms with van der Waals surface area (Å²) in [5, 5.41) is 11.3. The number of carbonyl (C=O) groups is 1. The fourth-order valence-electron chi connectivity index (χ4n) is 1.58. The lowest BCUT2D eigenvalue weighted by Crippen LogP contribution is -2.37. The minimum atomic E-state index is -0.0446. The number of likely N-dealkylation sites (N-methyl/N-ethyl adjacent to an activating group) is 1. The van der Waals surface area contributed by atoms with Crippen LogP contribution in [0.3, 0.4) is 0 Å². The van der Waals surface area contributed by atoms with Crippen molar-refractivity contribution in [3.63, 3.8) is 0 Å². The summed E-state index contributed by atoms with van der Waals surface area (Å²) in [6.07, 6.45) is 0. The largest absolute Gasteiger partial charge is 0.395 e. The van der Waals surface area contributed by atoms with Crippen LogP contribution in [0.25, 0.3) is 0 Å². The molecule has 2 N–H and O–H groups in total. The van der Waals surface area contributed by atoms with E-state index in [9.17, 15) is 4.79 Å². The number of hydrogen-bond acceptors (Lipinski definition) is 3. The first-order valence-electron chi connectivity index (χ1n) is 5.90. The Labute approximate surface area is 102 Å². The second kappa shape index (κ2) is 7.81. The fourth-order valence-corrected chi connectivity index (χ4v) is 1.58. The standard InChI is InChI=1S/C13H20N2O2/c1-2-15(11-13(17)14-8-9-16)10-12-6-4-3-5-7-12/h3-7,16H,2,8-11H2,1H3,(H,14,17). The number of carbonyl (C=O) groups excluding carboxylic acids is 1. The van der Waals surface area contributed by atoms with Gasteiger partial charge in [-0.3, -0.25) is 9.69 Å². The third-order valence-corrected chi connectivity index (χ3v) is 2.50. The molecule has 0 aliphatic rings. The lowest BCUT2D eigenvalue weighted by atomic mass is 10.2. The predicted octanol–water partition coefficient (Wildman–Crippen LogP) is 0.617. The second-order valence-corrected chi connectivity index (χ2v) is 3.86. The maximum Gasteiger partial charge on any atom is 0.234 e. The maximum atomic E-state index is 11.5. The Morgan fingerprint density at radius 1 is 1.35 bits per heavy atom. The highest BCUT2D eigenvalue weighted by atomic mass is 16.3. The van der Waals surface area contributed by atoms with Gasteiger partial charge in [0, 0.05) is 13.1 Å². The van der Waals surface area contributed by atoms with E-state index in [1.165, 1.54) is 5.56 Å². The average molecular weight is 236 g/mol. The number of amides is 1. The van der Waals surface area contributed by atoms with Crippen molar-refractivity contribution in [1.82, 2.24) is 10.2 Å². The molecule has 0 saturated carbocycles. The average Bonchev–Trinajstić information content (AvgIpc) is 2.36. The van der Waals surface area contributed by atoms with Crippen molar-refractivity contribution in [2.75, 3.05) is 26.2 Å². The first-order valence-corrected chi connectivity index (χ1v) is 5.90. The van der Waals surface area contributed by atoms with E-state index in [-0.39, 0.29) is 12.5 Å². The van der Waals surface area contributed by atoms with Crippen molar-refractivity contribution < 1.29 is 9.90 Å². The molecule has 4 heteroatoms. The molecule has 0 unspecified atom stereocenters. The molecular weight excluding hydrogens is 216 g/mol. The Bertz CT molecular complexity index is 327. The Kier molecular flexibility index (Phi) is 6.29. The van der Waals surface area contributed by atoms with Gasteiger partial charge in [0.05, 0.1) is 13.2 Å². The Morgan fingerprint density at radius 3 is 2.65 bits per heavy atom. The van der Waals surface area contributed by atoms with Crippen LogP contribution < -0.4 is 5.32 Å². The van der Waals surface area contributed by atoms with E-state index in [1.807, 2.05) is 37.3 Å². The van der Waals surface area contributed by atoms with Crippen LogP contribution in [0.2, 0.25) is 0 Å². The Morgan fingerprint density at radius 2 is 2.06 bits per heavy atom. The molecule has 0 aliphatic carbocycles. The molecule has 1 rings (SSSR count). The SMILES string of the molecule is CCN(CC(=O)NCCO)Cc1ccccc1. The van der Waals surface area contributed by atoms with Gasteiger partial charge in [-0.25, -0.2) is 0 Å². The molecule has 0 saturated heterocycles. The monoisotopic (exact) mass is 236 g/mol. The zero-order valence-corrected chi connectivity index (χ0v) is 10.2. The van der Waals surface area contributed by atoms with Crippen LogP contribution in [0.1, 0.15) is 12.5 Å². The second-order valence-electron chi connectivity index (χ2n) is 3.86. The van der Waals surface area contributed by atoms with Crippen molar-refractivity contribution in [2.24, 2.45) is 0 Å². The van der Waals surface area contributed by atoms with E-state index in [4.69, 9.17) is 5.11 Å². The van der Waals surface area contributed by atoms with E-state index >= 15 is 0 Å².